The van der Waals surface area contributed by atoms with Crippen molar-refractivity contribution in [2.75, 3.05) is 29.1 Å². The number of fused-ring (bicyclic) bond motifs is 1. The predicted molar refractivity (Wildman–Crippen MR) is 113 cm³/mol. The van der Waals surface area contributed by atoms with Crippen molar-refractivity contribution in [3.05, 3.63) is 35.8 Å². The number of nitrogens with zero attached hydrogens (tertiary/aromatic N) is 6. The number of aliphatic hydroxyl groups is 1. The number of nitrogens with one attached hydrogen (secondary N) is 1. The molecule has 9 nitrogen and oxygen atoms in total. The predicted octanol–water partition coefficient (Wildman–Crippen LogP) is 2.02. The Labute approximate surface area is 170 Å². The number of aryl methyl sites for hydroxylation is 1. The van der Waals surface area contributed by atoms with Crippen LogP contribution in [0.3, 0.4) is 0 Å². The van der Waals surface area contributed by atoms with Gasteiger partial charge >= 0.3 is 0 Å². The second-order valence-corrected chi connectivity index (χ2v) is 7.42. The van der Waals surface area contributed by atoms with Crippen LogP contribution in [0.1, 0.15) is 43.7 Å². The highest BCUT2D eigenvalue weighted by Crippen LogP contribution is 2.29. The summed E-state index contributed by atoms with van der Waals surface area (Å²) in [7, 11) is 0. The minimum atomic E-state index is 0.193. The molecule has 0 spiro atoms. The number of anilines is 3. The molecule has 0 aliphatic carbocycles. The molecule has 9 heteroatoms. The zero-order valence-corrected chi connectivity index (χ0v) is 16.8. The molecule has 4 N–H and O–H groups in total. The number of nitrogens with two attached hydrogens (primary N) is 1. The molecule has 1 atom stereocenters. The molecule has 0 aromatic carbocycles. The summed E-state index contributed by atoms with van der Waals surface area (Å²) in [5, 5.41) is 17.5. The molecule has 0 amide bonds. The molecule has 154 valence electrons. The zero-order chi connectivity index (χ0) is 20.2. The van der Waals surface area contributed by atoms with Crippen molar-refractivity contribution in [3.8, 4) is 0 Å². The van der Waals surface area contributed by atoms with E-state index in [1.165, 1.54) is 6.42 Å². The van der Waals surface area contributed by atoms with Crippen LogP contribution in [0.5, 0.6) is 0 Å². The van der Waals surface area contributed by atoms with Crippen LogP contribution in [-0.2, 0) is 13.0 Å². The highest BCUT2D eigenvalue weighted by Gasteiger charge is 2.24. The highest BCUT2D eigenvalue weighted by atomic mass is 16.3. The Morgan fingerprint density at radius 2 is 2.07 bits per heavy atom. The number of rotatable bonds is 7. The van der Waals surface area contributed by atoms with Gasteiger partial charge in [0.15, 0.2) is 5.65 Å². The SMILES string of the molecule is CCc1cnn2c(NCc3cnc(N)nc3)cc(N3CCCC[C@H]3CCO)nc12. The standard InChI is InChI=1S/C20H28N8O/c1-2-15-13-25-28-17(22-10-14-11-23-20(21)24-12-14)9-18(26-19(15)28)27-7-4-3-5-16(27)6-8-29/h9,11-13,16,22,29H,2-8,10H2,1H3,(H2,21,23,24)/t16-/m0/s1. The van der Waals surface area contributed by atoms with Crippen molar-refractivity contribution in [1.29, 1.82) is 0 Å². The Morgan fingerprint density at radius 1 is 1.24 bits per heavy atom. The van der Waals surface area contributed by atoms with Crippen molar-refractivity contribution >= 4 is 23.2 Å². The first kappa shape index (κ1) is 19.4. The van der Waals surface area contributed by atoms with Gasteiger partial charge in [0, 0.05) is 55.3 Å². The third-order valence-electron chi connectivity index (χ3n) is 5.49. The van der Waals surface area contributed by atoms with Crippen molar-refractivity contribution in [2.24, 2.45) is 0 Å². The molecule has 1 aliphatic heterocycles. The first-order valence-electron chi connectivity index (χ1n) is 10.2. The number of nitrogen functional groups attached to an aromatic ring is 1. The van der Waals surface area contributed by atoms with E-state index in [4.69, 9.17) is 10.7 Å². The lowest BCUT2D eigenvalue weighted by Crippen LogP contribution is -2.40. The highest BCUT2D eigenvalue weighted by molar-refractivity contribution is 5.61. The summed E-state index contributed by atoms with van der Waals surface area (Å²) in [6.07, 6.45) is 10.4. The summed E-state index contributed by atoms with van der Waals surface area (Å²) >= 11 is 0. The number of aromatic nitrogens is 5. The second kappa shape index (κ2) is 8.60. The molecular formula is C20H28N8O. The van der Waals surface area contributed by atoms with Gasteiger partial charge in [-0.1, -0.05) is 6.92 Å². The average molecular weight is 396 g/mol. The number of hydrogen-bond acceptors (Lipinski definition) is 8. The molecule has 0 bridgehead atoms. The first-order valence-corrected chi connectivity index (χ1v) is 10.2. The number of aliphatic hydroxyl groups excluding tert-OH is 1. The fraction of sp³-hybridized carbons (Fsp3) is 0.500. The lowest BCUT2D eigenvalue weighted by atomic mass is 9.99. The second-order valence-electron chi connectivity index (χ2n) is 7.42. The van der Waals surface area contributed by atoms with Crippen molar-refractivity contribution in [2.45, 2.75) is 51.6 Å². The van der Waals surface area contributed by atoms with Gasteiger partial charge in [-0.05, 0) is 32.1 Å². The number of hydrogen-bond donors (Lipinski definition) is 3. The van der Waals surface area contributed by atoms with Crippen LogP contribution in [0.4, 0.5) is 17.6 Å². The summed E-state index contributed by atoms with van der Waals surface area (Å²) in [6.45, 7) is 3.81. The molecule has 0 radical (unpaired) electrons. The maximum Gasteiger partial charge on any atom is 0.219 e. The molecule has 4 rings (SSSR count). The molecule has 0 unspecified atom stereocenters. The van der Waals surface area contributed by atoms with Gasteiger partial charge in [0.25, 0.3) is 0 Å². The fourth-order valence-electron chi connectivity index (χ4n) is 3.92. The van der Waals surface area contributed by atoms with Gasteiger partial charge in [0.05, 0.1) is 6.20 Å². The summed E-state index contributed by atoms with van der Waals surface area (Å²) in [5.41, 5.74) is 8.50. The minimum Gasteiger partial charge on any atom is -0.396 e. The van der Waals surface area contributed by atoms with E-state index in [1.807, 2.05) is 16.8 Å². The zero-order valence-electron chi connectivity index (χ0n) is 16.8. The van der Waals surface area contributed by atoms with Crippen LogP contribution in [0.25, 0.3) is 5.65 Å². The molecule has 3 aromatic heterocycles. The van der Waals surface area contributed by atoms with E-state index >= 15 is 0 Å². The Morgan fingerprint density at radius 3 is 2.83 bits per heavy atom. The van der Waals surface area contributed by atoms with Gasteiger partial charge < -0.3 is 21.1 Å². The van der Waals surface area contributed by atoms with Gasteiger partial charge in [-0.3, -0.25) is 0 Å². The van der Waals surface area contributed by atoms with Crippen molar-refractivity contribution in [3.63, 3.8) is 0 Å². The van der Waals surface area contributed by atoms with E-state index in [0.717, 1.165) is 60.6 Å². The van der Waals surface area contributed by atoms with Crippen molar-refractivity contribution < 1.29 is 5.11 Å². The molecule has 4 heterocycles. The third-order valence-corrected chi connectivity index (χ3v) is 5.49. The van der Waals surface area contributed by atoms with Crippen LogP contribution in [0.15, 0.2) is 24.7 Å². The van der Waals surface area contributed by atoms with Crippen molar-refractivity contribution in [1.82, 2.24) is 24.6 Å². The number of piperidine rings is 1. The van der Waals surface area contributed by atoms with Crippen LogP contribution in [0.2, 0.25) is 0 Å². The van der Waals surface area contributed by atoms with E-state index in [-0.39, 0.29) is 12.6 Å². The quantitative estimate of drug-likeness (QED) is 0.555. The van der Waals surface area contributed by atoms with E-state index in [2.05, 4.69) is 32.2 Å². The Bertz CT molecular complexity index is 953. The molecule has 0 saturated carbocycles. The normalized spacial score (nSPS) is 17.0. The maximum atomic E-state index is 9.49. The van der Waals surface area contributed by atoms with Gasteiger partial charge in [-0.2, -0.15) is 9.61 Å². The Kier molecular flexibility index (Phi) is 5.75. The molecule has 29 heavy (non-hydrogen) atoms. The summed E-state index contributed by atoms with van der Waals surface area (Å²) in [6, 6.07) is 2.36. The fourth-order valence-corrected chi connectivity index (χ4v) is 3.92. The molecular weight excluding hydrogens is 368 g/mol. The average Bonchev–Trinajstić information content (AvgIpc) is 3.17. The molecule has 1 aliphatic rings. The lowest BCUT2D eigenvalue weighted by molar-refractivity contribution is 0.262. The van der Waals surface area contributed by atoms with Gasteiger partial charge in [-0.25, -0.2) is 15.0 Å². The summed E-state index contributed by atoms with van der Waals surface area (Å²) in [4.78, 5) is 15.4. The minimum absolute atomic E-state index is 0.193. The lowest BCUT2D eigenvalue weighted by Gasteiger charge is -2.36. The smallest absolute Gasteiger partial charge is 0.219 e. The third kappa shape index (κ3) is 4.09. The maximum absolute atomic E-state index is 9.49. The van der Waals surface area contributed by atoms with E-state index in [1.54, 1.807) is 12.4 Å². The van der Waals surface area contributed by atoms with Gasteiger partial charge in [0.1, 0.15) is 11.6 Å². The van der Waals surface area contributed by atoms with Gasteiger partial charge in [-0.15, -0.1) is 0 Å². The summed E-state index contributed by atoms with van der Waals surface area (Å²) < 4.78 is 1.85. The molecule has 1 fully saturated rings. The Balaban J connectivity index is 1.68. The van der Waals surface area contributed by atoms with E-state index < -0.39 is 0 Å². The van der Waals surface area contributed by atoms with E-state index in [9.17, 15) is 5.11 Å². The molecule has 1 saturated heterocycles. The van der Waals surface area contributed by atoms with E-state index in [0.29, 0.717) is 12.6 Å². The van der Waals surface area contributed by atoms with Crippen LogP contribution in [0, 0.1) is 0 Å². The Hall–Kier alpha value is -2.94. The topological polar surface area (TPSA) is 117 Å². The largest absolute Gasteiger partial charge is 0.396 e. The van der Waals surface area contributed by atoms with Crippen LogP contribution in [-0.4, -0.2) is 48.9 Å². The first-order chi connectivity index (χ1) is 14.2. The van der Waals surface area contributed by atoms with Crippen LogP contribution >= 0.6 is 0 Å². The van der Waals surface area contributed by atoms with Crippen LogP contribution < -0.4 is 16.0 Å². The molecule has 3 aromatic rings. The summed E-state index contributed by atoms with van der Waals surface area (Å²) in [5.74, 6) is 2.07. The monoisotopic (exact) mass is 396 g/mol. The van der Waals surface area contributed by atoms with Gasteiger partial charge in [0.2, 0.25) is 5.95 Å².